The van der Waals surface area contributed by atoms with E-state index in [0.29, 0.717) is 5.56 Å². The van der Waals surface area contributed by atoms with Crippen LogP contribution in [-0.4, -0.2) is 53.7 Å². The van der Waals surface area contributed by atoms with Gasteiger partial charge >= 0.3 is 18.0 Å². The van der Waals surface area contributed by atoms with E-state index in [-0.39, 0.29) is 25.3 Å². The van der Waals surface area contributed by atoms with Gasteiger partial charge in [0.1, 0.15) is 18.8 Å². The smallest absolute Gasteiger partial charge is 0.410 e. The lowest BCUT2D eigenvalue weighted by Crippen LogP contribution is -2.41. The minimum Gasteiger partial charge on any atom is -0.467 e. The molecule has 0 unspecified atom stereocenters. The number of hydrogen-bond donors (Lipinski definition) is 0. The molecule has 1 saturated heterocycles. The van der Waals surface area contributed by atoms with Crippen LogP contribution in [0.1, 0.15) is 18.9 Å². The van der Waals surface area contributed by atoms with Gasteiger partial charge in [0.25, 0.3) is 5.69 Å². The van der Waals surface area contributed by atoms with E-state index in [0.717, 1.165) is 4.90 Å². The van der Waals surface area contributed by atoms with Crippen LogP contribution in [-0.2, 0) is 30.4 Å². The third-order valence-electron chi connectivity index (χ3n) is 3.81. The van der Waals surface area contributed by atoms with Crippen molar-refractivity contribution in [1.29, 1.82) is 0 Å². The van der Waals surface area contributed by atoms with E-state index in [9.17, 15) is 24.5 Å². The van der Waals surface area contributed by atoms with Crippen molar-refractivity contribution in [3.8, 4) is 0 Å². The second-order valence-corrected chi connectivity index (χ2v) is 5.64. The predicted molar refractivity (Wildman–Crippen MR) is 86.0 cm³/mol. The van der Waals surface area contributed by atoms with Crippen LogP contribution < -0.4 is 0 Å². The van der Waals surface area contributed by atoms with Crippen LogP contribution in [0.5, 0.6) is 0 Å². The number of hydrogen-bond acceptors (Lipinski definition) is 8. The van der Waals surface area contributed by atoms with Crippen molar-refractivity contribution in [1.82, 2.24) is 4.90 Å². The highest BCUT2D eigenvalue weighted by Gasteiger charge is 2.42. The lowest BCUT2D eigenvalue weighted by molar-refractivity contribution is -0.384. The number of carbonyl (C=O) groups is 3. The van der Waals surface area contributed by atoms with Gasteiger partial charge < -0.3 is 14.2 Å². The number of carbonyl (C=O) groups excluding carboxylic acids is 3. The normalized spacial score (nSPS) is 18.9. The Morgan fingerprint density at radius 3 is 2.46 bits per heavy atom. The Morgan fingerprint density at radius 1 is 1.27 bits per heavy atom. The molecule has 10 heteroatoms. The third-order valence-corrected chi connectivity index (χ3v) is 3.81. The van der Waals surface area contributed by atoms with Gasteiger partial charge in [-0.25, -0.2) is 9.59 Å². The molecule has 0 bridgehead atoms. The number of rotatable bonds is 5. The van der Waals surface area contributed by atoms with Crippen molar-refractivity contribution in [3.05, 3.63) is 39.9 Å². The quantitative estimate of drug-likeness (QED) is 0.331. The average Bonchev–Trinajstić information content (AvgIpc) is 3.02. The molecule has 1 aliphatic rings. The Hall–Kier alpha value is -3.17. The molecular weight excluding hydrogens is 348 g/mol. The minimum absolute atomic E-state index is 0.0123. The van der Waals surface area contributed by atoms with Crippen molar-refractivity contribution in [2.24, 2.45) is 0 Å². The largest absolute Gasteiger partial charge is 0.467 e. The SMILES string of the molecule is COC(=O)[C@H]1C[C@@H](OC(C)=O)CN1C(=O)OCc1ccc([N+](=O)[O-])cc1. The molecule has 26 heavy (non-hydrogen) atoms. The average molecular weight is 366 g/mol. The van der Waals surface area contributed by atoms with Crippen LogP contribution in [0, 0.1) is 10.1 Å². The highest BCUT2D eigenvalue weighted by atomic mass is 16.6. The van der Waals surface area contributed by atoms with Gasteiger partial charge in [-0.05, 0) is 17.7 Å². The Kier molecular flexibility index (Phi) is 6.10. The lowest BCUT2D eigenvalue weighted by Gasteiger charge is -2.21. The molecule has 0 saturated carbocycles. The number of nitrogens with zero attached hydrogens (tertiary/aromatic N) is 2. The van der Waals surface area contributed by atoms with Crippen molar-refractivity contribution >= 4 is 23.7 Å². The first-order valence-corrected chi connectivity index (χ1v) is 7.73. The Labute approximate surface area is 148 Å². The van der Waals surface area contributed by atoms with Gasteiger partial charge in [0, 0.05) is 25.5 Å². The number of non-ortho nitro benzene ring substituents is 1. The van der Waals surface area contributed by atoms with E-state index in [1.165, 1.54) is 38.3 Å². The van der Waals surface area contributed by atoms with Crippen LogP contribution in [0.3, 0.4) is 0 Å². The number of nitro benzene ring substituents is 1. The molecule has 1 aliphatic heterocycles. The standard InChI is InChI=1S/C16H18N2O8/c1-10(19)26-13-7-14(15(20)24-2)17(8-13)16(21)25-9-11-3-5-12(6-4-11)18(22)23/h3-6,13-14H,7-9H2,1-2H3/t13-,14-/m1/s1. The fraction of sp³-hybridized carbons (Fsp3) is 0.438. The number of amides is 1. The number of likely N-dealkylation sites (tertiary alicyclic amines) is 1. The van der Waals surface area contributed by atoms with E-state index in [1.54, 1.807) is 0 Å². The summed E-state index contributed by atoms with van der Waals surface area (Å²) >= 11 is 0. The molecule has 0 aromatic heterocycles. The molecule has 2 rings (SSSR count). The van der Waals surface area contributed by atoms with E-state index < -0.39 is 35.1 Å². The molecule has 1 heterocycles. The molecule has 1 aromatic rings. The van der Waals surface area contributed by atoms with Crippen LogP contribution in [0.4, 0.5) is 10.5 Å². The molecule has 1 fully saturated rings. The van der Waals surface area contributed by atoms with Crippen molar-refractivity contribution in [2.75, 3.05) is 13.7 Å². The predicted octanol–water partition coefficient (Wildman–Crippen LogP) is 1.41. The van der Waals surface area contributed by atoms with Gasteiger partial charge in [0.05, 0.1) is 18.6 Å². The topological polar surface area (TPSA) is 125 Å². The third kappa shape index (κ3) is 4.68. The first kappa shape index (κ1) is 19.2. The van der Waals surface area contributed by atoms with Crippen molar-refractivity contribution in [3.63, 3.8) is 0 Å². The summed E-state index contributed by atoms with van der Waals surface area (Å²) in [7, 11) is 1.20. The maximum atomic E-state index is 12.3. The zero-order valence-corrected chi connectivity index (χ0v) is 14.2. The second kappa shape index (κ2) is 8.28. The monoisotopic (exact) mass is 366 g/mol. The highest BCUT2D eigenvalue weighted by molar-refractivity contribution is 5.82. The molecule has 140 valence electrons. The van der Waals surface area contributed by atoms with Crippen LogP contribution >= 0.6 is 0 Å². The van der Waals surface area contributed by atoms with Crippen LogP contribution in [0.25, 0.3) is 0 Å². The van der Waals surface area contributed by atoms with Crippen LogP contribution in [0.15, 0.2) is 24.3 Å². The number of benzene rings is 1. The molecule has 0 aliphatic carbocycles. The summed E-state index contributed by atoms with van der Waals surface area (Å²) in [5.74, 6) is -1.15. The summed E-state index contributed by atoms with van der Waals surface area (Å²) < 4.78 is 14.9. The molecule has 0 radical (unpaired) electrons. The maximum absolute atomic E-state index is 12.3. The van der Waals surface area contributed by atoms with E-state index in [2.05, 4.69) is 4.74 Å². The Bertz CT molecular complexity index is 703. The number of methoxy groups -OCH3 is 1. The van der Waals surface area contributed by atoms with Gasteiger partial charge in [-0.2, -0.15) is 0 Å². The molecule has 0 spiro atoms. The summed E-state index contributed by atoms with van der Waals surface area (Å²) in [6.07, 6.45) is -1.27. The lowest BCUT2D eigenvalue weighted by atomic mass is 10.2. The highest BCUT2D eigenvalue weighted by Crippen LogP contribution is 2.23. The van der Waals surface area contributed by atoms with E-state index in [4.69, 9.17) is 9.47 Å². The summed E-state index contributed by atoms with van der Waals surface area (Å²) in [5, 5.41) is 10.6. The molecule has 10 nitrogen and oxygen atoms in total. The van der Waals surface area contributed by atoms with Gasteiger partial charge in [-0.15, -0.1) is 0 Å². The molecule has 2 atom stereocenters. The minimum atomic E-state index is -0.909. The van der Waals surface area contributed by atoms with E-state index in [1.807, 2.05) is 0 Å². The zero-order chi connectivity index (χ0) is 19.3. The zero-order valence-electron chi connectivity index (χ0n) is 14.2. The summed E-state index contributed by atoms with van der Waals surface area (Å²) in [6.45, 7) is 1.13. The molecule has 1 aromatic carbocycles. The summed E-state index contributed by atoms with van der Waals surface area (Å²) in [6, 6.07) is 4.62. The van der Waals surface area contributed by atoms with Crippen LogP contribution in [0.2, 0.25) is 0 Å². The second-order valence-electron chi connectivity index (χ2n) is 5.64. The summed E-state index contributed by atoms with van der Waals surface area (Å²) in [5.41, 5.74) is 0.476. The van der Waals surface area contributed by atoms with E-state index >= 15 is 0 Å². The van der Waals surface area contributed by atoms with Gasteiger partial charge in [0.2, 0.25) is 0 Å². The van der Waals surface area contributed by atoms with Crippen molar-refractivity contribution in [2.45, 2.75) is 32.1 Å². The summed E-state index contributed by atoms with van der Waals surface area (Å²) in [4.78, 5) is 46.5. The maximum Gasteiger partial charge on any atom is 0.410 e. The first-order chi connectivity index (χ1) is 12.3. The van der Waals surface area contributed by atoms with Crippen molar-refractivity contribution < 1.29 is 33.5 Å². The number of ether oxygens (including phenoxy) is 3. The fourth-order valence-corrected chi connectivity index (χ4v) is 2.62. The number of nitro groups is 1. The fourth-order valence-electron chi connectivity index (χ4n) is 2.62. The van der Waals surface area contributed by atoms with Gasteiger partial charge in [0.15, 0.2) is 0 Å². The van der Waals surface area contributed by atoms with Gasteiger partial charge in [-0.1, -0.05) is 0 Å². The number of esters is 2. The first-order valence-electron chi connectivity index (χ1n) is 7.73. The Balaban J connectivity index is 2.00. The molecule has 1 amide bonds. The molecular formula is C16H18N2O8. The molecule has 0 N–H and O–H groups in total. The Morgan fingerprint density at radius 2 is 1.92 bits per heavy atom. The van der Waals surface area contributed by atoms with Gasteiger partial charge in [-0.3, -0.25) is 19.8 Å².